The molecule has 2 aromatic carbocycles. The molecule has 0 radical (unpaired) electrons. The molecule has 4 aliphatic heterocycles. The predicted molar refractivity (Wildman–Crippen MR) is 212 cm³/mol. The Morgan fingerprint density at radius 1 is 0.596 bits per heavy atom. The third-order valence-corrected chi connectivity index (χ3v) is 14.8. The van der Waals surface area contributed by atoms with Crippen LogP contribution in [0.25, 0.3) is 0 Å². The molecule has 2 saturated carbocycles. The standard InChI is InChI=1S/C13H19NO3S.C13H17NO2S.C6H13NO.C6H11N.2ClH/c1-10-2-8-13(9-3-10)18(16,17)14-11-4-6-12(15)7-5-11;1-10-2-8-13(9-3-10)17(15,16)14-11-4-5-12(14)7-6-11;7-5-1-3-6(8)4-2-5;1-2-6-4-3-5(1)7-6;;/h2-3,8-9,11-12,14-15H,4-7H2,1H3;2-3,8-9,11-12H,4-7H2,1H3;5-6,8H,1-4,7H2;5-7H,1-4H2;2*1H. The van der Waals surface area contributed by atoms with Gasteiger partial charge in [0.15, 0.2) is 0 Å². The predicted octanol–water partition coefficient (Wildman–Crippen LogP) is 5.88. The number of aryl methyl sites for hydroxylation is 2. The number of benzene rings is 2. The van der Waals surface area contributed by atoms with Crippen LogP contribution in [0.1, 0.15) is 114 Å². The number of aliphatic hydroxyl groups is 2. The molecule has 296 valence electrons. The number of nitrogens with zero attached hydrogens (tertiary/aromatic N) is 1. The van der Waals surface area contributed by atoms with Crippen molar-refractivity contribution in [2.24, 2.45) is 5.73 Å². The highest BCUT2D eigenvalue weighted by Crippen LogP contribution is 2.41. The van der Waals surface area contributed by atoms with Gasteiger partial charge < -0.3 is 21.3 Å². The van der Waals surface area contributed by atoms with Crippen molar-refractivity contribution in [3.05, 3.63) is 59.7 Å². The summed E-state index contributed by atoms with van der Waals surface area (Å²) in [6.45, 7) is 3.89. The minimum atomic E-state index is -3.43. The summed E-state index contributed by atoms with van der Waals surface area (Å²) in [6.07, 6.45) is 16.2. The van der Waals surface area contributed by atoms with Gasteiger partial charge in [0.05, 0.1) is 22.0 Å². The normalized spacial score (nSPS) is 30.6. The zero-order valence-corrected chi connectivity index (χ0v) is 34.0. The number of nitrogens with one attached hydrogen (secondary N) is 2. The molecule has 6 aliphatic rings. The third-order valence-electron chi connectivity index (χ3n) is 11.3. The van der Waals surface area contributed by atoms with E-state index in [1.54, 1.807) is 40.7 Å². The monoisotopic (exact) mass is 804 g/mol. The van der Waals surface area contributed by atoms with Gasteiger partial charge in [-0.05, 0) is 141 Å². The van der Waals surface area contributed by atoms with Crippen molar-refractivity contribution < 1.29 is 27.0 Å². The first kappa shape index (κ1) is 45.1. The van der Waals surface area contributed by atoms with Crippen molar-refractivity contribution in [1.29, 1.82) is 0 Å². The van der Waals surface area contributed by atoms with Crippen molar-refractivity contribution in [2.75, 3.05) is 0 Å². The van der Waals surface area contributed by atoms with Gasteiger partial charge >= 0.3 is 0 Å². The Kier molecular flexibility index (Phi) is 17.8. The molecule has 2 aliphatic carbocycles. The van der Waals surface area contributed by atoms with E-state index in [-0.39, 0.29) is 55.1 Å². The highest BCUT2D eigenvalue weighted by molar-refractivity contribution is 7.89. The Morgan fingerprint density at radius 3 is 1.35 bits per heavy atom. The van der Waals surface area contributed by atoms with Gasteiger partial charge in [-0.15, -0.1) is 24.8 Å². The summed E-state index contributed by atoms with van der Waals surface area (Å²) in [6, 6.07) is 16.7. The zero-order valence-electron chi connectivity index (χ0n) is 30.7. The zero-order chi connectivity index (χ0) is 35.9. The van der Waals surface area contributed by atoms with Crippen molar-refractivity contribution in [3.63, 3.8) is 0 Å². The average Bonchev–Trinajstić information content (AvgIpc) is 3.93. The number of fused-ring (bicyclic) bond motifs is 4. The number of hydrogen-bond acceptors (Lipinski definition) is 8. The van der Waals surface area contributed by atoms with E-state index in [4.69, 9.17) is 10.8 Å². The molecule has 2 aromatic rings. The number of rotatable bonds is 5. The number of sulfonamides is 2. The molecule has 6 N–H and O–H groups in total. The number of halogens is 2. The van der Waals surface area contributed by atoms with Crippen LogP contribution in [0.3, 0.4) is 0 Å². The Hall–Kier alpha value is -1.32. The fraction of sp³-hybridized carbons (Fsp3) is 0.684. The van der Waals surface area contributed by atoms with Crippen LogP contribution >= 0.6 is 24.8 Å². The third kappa shape index (κ3) is 12.6. The Bertz CT molecular complexity index is 1520. The van der Waals surface area contributed by atoms with Crippen molar-refractivity contribution in [1.82, 2.24) is 14.3 Å². The molecule has 6 fully saturated rings. The molecular formula is C38H62Cl2N4O6S2. The smallest absolute Gasteiger partial charge is 0.243 e. The van der Waals surface area contributed by atoms with Gasteiger partial charge in [0.25, 0.3) is 0 Å². The second-order valence-corrected chi connectivity index (χ2v) is 18.9. The first-order chi connectivity index (χ1) is 23.8. The van der Waals surface area contributed by atoms with E-state index in [2.05, 4.69) is 10.0 Å². The molecule has 8 rings (SSSR count). The Morgan fingerprint density at radius 2 is 0.981 bits per heavy atom. The van der Waals surface area contributed by atoms with E-state index < -0.39 is 20.0 Å². The quantitative estimate of drug-likeness (QED) is 0.251. The van der Waals surface area contributed by atoms with E-state index in [1.807, 2.05) is 26.0 Å². The SMILES string of the molecule is C1CC2CCC1N2.Cc1ccc(S(=O)(=O)N2C3CCC2CC3)cc1.Cc1ccc(S(=O)(=O)NC2CCC(O)CC2)cc1.Cl.Cl.NC1CCC(O)CC1. The maximum atomic E-state index is 12.5. The summed E-state index contributed by atoms with van der Waals surface area (Å²) in [5.74, 6) is 0. The molecular weight excluding hydrogens is 743 g/mol. The van der Waals surface area contributed by atoms with Crippen molar-refractivity contribution >= 4 is 44.9 Å². The lowest BCUT2D eigenvalue weighted by Crippen LogP contribution is -2.38. The summed E-state index contributed by atoms with van der Waals surface area (Å²) in [4.78, 5) is 0.751. The molecule has 0 spiro atoms. The number of aliphatic hydroxyl groups excluding tert-OH is 2. The molecule has 10 nitrogen and oxygen atoms in total. The van der Waals surface area contributed by atoms with Crippen LogP contribution in [-0.4, -0.2) is 79.8 Å². The number of hydrogen-bond donors (Lipinski definition) is 5. The lowest BCUT2D eigenvalue weighted by atomic mass is 9.94. The highest BCUT2D eigenvalue weighted by atomic mass is 35.5. The van der Waals surface area contributed by atoms with Gasteiger partial charge in [-0.1, -0.05) is 35.4 Å². The second-order valence-electron chi connectivity index (χ2n) is 15.3. The summed E-state index contributed by atoms with van der Waals surface area (Å²) in [5, 5.41) is 21.9. The molecule has 14 heteroatoms. The van der Waals surface area contributed by atoms with E-state index in [0.29, 0.717) is 41.5 Å². The minimum Gasteiger partial charge on any atom is -0.393 e. The van der Waals surface area contributed by atoms with Crippen LogP contribution in [0, 0.1) is 13.8 Å². The first-order valence-corrected chi connectivity index (χ1v) is 21.8. The van der Waals surface area contributed by atoms with Crippen molar-refractivity contribution in [2.45, 2.75) is 175 Å². The summed E-state index contributed by atoms with van der Waals surface area (Å²) >= 11 is 0. The topological polar surface area (TPSA) is 162 Å². The summed E-state index contributed by atoms with van der Waals surface area (Å²) < 4.78 is 53.8. The van der Waals surface area contributed by atoms with Crippen LogP contribution in [0.2, 0.25) is 0 Å². The molecule has 52 heavy (non-hydrogen) atoms. The van der Waals surface area contributed by atoms with Gasteiger partial charge in [-0.25, -0.2) is 21.6 Å². The fourth-order valence-electron chi connectivity index (χ4n) is 8.15. The van der Waals surface area contributed by atoms with Crippen LogP contribution in [0.4, 0.5) is 0 Å². The maximum Gasteiger partial charge on any atom is 0.243 e. The van der Waals surface area contributed by atoms with Crippen LogP contribution < -0.4 is 15.8 Å². The summed E-state index contributed by atoms with van der Waals surface area (Å²) in [5.41, 5.74) is 7.71. The number of nitrogens with two attached hydrogens (primary N) is 1. The Labute approximate surface area is 325 Å². The van der Waals surface area contributed by atoms with Crippen LogP contribution in [0.5, 0.6) is 0 Å². The Balaban J connectivity index is 0.000000197. The van der Waals surface area contributed by atoms with Gasteiger partial charge in [-0.2, -0.15) is 4.31 Å². The molecule has 0 atom stereocenters. The van der Waals surface area contributed by atoms with Gasteiger partial charge in [0, 0.05) is 36.3 Å². The molecule has 0 unspecified atom stereocenters. The minimum absolute atomic E-state index is 0. The van der Waals surface area contributed by atoms with Crippen molar-refractivity contribution in [3.8, 4) is 0 Å². The molecule has 4 heterocycles. The summed E-state index contributed by atoms with van der Waals surface area (Å²) in [7, 11) is -6.68. The second kappa shape index (κ2) is 20.6. The lowest BCUT2D eigenvalue weighted by molar-refractivity contribution is 0.120. The molecule has 0 aromatic heterocycles. The maximum absolute atomic E-state index is 12.5. The average molecular weight is 806 g/mol. The van der Waals surface area contributed by atoms with E-state index >= 15 is 0 Å². The molecule has 4 bridgehead atoms. The van der Waals surface area contributed by atoms with Crippen LogP contribution in [-0.2, 0) is 20.0 Å². The highest BCUT2D eigenvalue weighted by Gasteiger charge is 2.46. The van der Waals surface area contributed by atoms with Gasteiger partial charge in [0.1, 0.15) is 0 Å². The molecule has 4 saturated heterocycles. The molecule has 0 amide bonds. The van der Waals surface area contributed by atoms with Gasteiger partial charge in [-0.3, -0.25) is 0 Å². The lowest BCUT2D eigenvalue weighted by Gasteiger charge is -2.25. The first-order valence-electron chi connectivity index (χ1n) is 18.9. The van der Waals surface area contributed by atoms with Gasteiger partial charge in [0.2, 0.25) is 20.0 Å². The van der Waals surface area contributed by atoms with E-state index in [9.17, 15) is 21.9 Å². The van der Waals surface area contributed by atoms with E-state index in [1.165, 1.54) is 25.7 Å². The fourth-order valence-corrected chi connectivity index (χ4v) is 11.4. The van der Waals surface area contributed by atoms with Crippen LogP contribution in [0.15, 0.2) is 58.3 Å². The largest absolute Gasteiger partial charge is 0.393 e. The van der Waals surface area contributed by atoms with E-state index in [0.717, 1.165) is 74.6 Å².